The predicted octanol–water partition coefficient (Wildman–Crippen LogP) is 1.92. The predicted molar refractivity (Wildman–Crippen MR) is 97.9 cm³/mol. The van der Waals surface area contributed by atoms with Crippen LogP contribution >= 0.6 is 10.0 Å². The molecule has 0 unspecified atom stereocenters. The molecule has 0 amide bonds. The monoisotopic (exact) mass is 370 g/mol. The summed E-state index contributed by atoms with van der Waals surface area (Å²) in [5.41, 5.74) is -0.0199. The molecule has 0 fully saturated rings. The molecule has 8 heteroatoms. The highest BCUT2D eigenvalue weighted by Gasteiger charge is 2.15. The zero-order valence-electron chi connectivity index (χ0n) is 14.9. The molecule has 138 valence electrons. The molecular weight excluding hydrogens is 347 g/mol. The number of benzene rings is 1. The van der Waals surface area contributed by atoms with Gasteiger partial charge in [0.2, 0.25) is 5.43 Å². The Morgan fingerprint density at radius 3 is 2.68 bits per heavy atom. The first-order valence-corrected chi connectivity index (χ1v) is 10.7. The van der Waals surface area contributed by atoms with Gasteiger partial charge in [0.25, 0.3) is 0 Å². The van der Waals surface area contributed by atoms with Crippen molar-refractivity contribution in [2.45, 2.75) is 13.2 Å². The number of fused-ring (bicyclic) bond motifs is 1. The zero-order valence-corrected chi connectivity index (χ0v) is 15.7. The van der Waals surface area contributed by atoms with Gasteiger partial charge in [-0.2, -0.15) is 5.10 Å². The molecule has 1 heterocycles. The third-order valence-electron chi connectivity index (χ3n) is 3.58. The fourth-order valence-corrected chi connectivity index (χ4v) is 2.81. The number of nitrogens with zero attached hydrogens (tertiary/aromatic N) is 2. The molecule has 0 atom stereocenters. The lowest BCUT2D eigenvalue weighted by molar-refractivity contribution is -0.139. The van der Waals surface area contributed by atoms with Crippen molar-refractivity contribution >= 4 is 26.9 Å². The summed E-state index contributed by atoms with van der Waals surface area (Å²) >= 11 is 0. The van der Waals surface area contributed by atoms with E-state index in [1.807, 2.05) is 0 Å². The summed E-state index contributed by atoms with van der Waals surface area (Å²) in [6.07, 6.45) is 6.32. The number of carbonyl (C=O) groups is 1. The van der Waals surface area contributed by atoms with Gasteiger partial charge in [-0.05, 0) is 37.0 Å². The van der Waals surface area contributed by atoms with Crippen molar-refractivity contribution in [1.29, 1.82) is 0 Å². The van der Waals surface area contributed by atoms with E-state index >= 15 is 0 Å². The first-order valence-electron chi connectivity index (χ1n) is 7.71. The number of hydrogen-bond donors (Lipinski definition) is 0. The van der Waals surface area contributed by atoms with Gasteiger partial charge >= 0.3 is 5.97 Å². The van der Waals surface area contributed by atoms with Crippen LogP contribution in [0.1, 0.15) is 5.69 Å². The second-order valence-corrected chi connectivity index (χ2v) is 11.1. The number of ether oxygens (including phenoxy) is 2. The molecule has 0 N–H and O–H groups in total. The summed E-state index contributed by atoms with van der Waals surface area (Å²) < 4.78 is 25.3. The zero-order chi connectivity index (χ0) is 18.6. The number of methoxy groups -OCH3 is 1. The average molecular weight is 370 g/mol. The van der Waals surface area contributed by atoms with Gasteiger partial charge in [-0.1, -0.05) is 0 Å². The summed E-state index contributed by atoms with van der Waals surface area (Å²) in [6, 6.07) is 3.84. The lowest BCUT2D eigenvalue weighted by Crippen LogP contribution is -2.23. The van der Waals surface area contributed by atoms with Crippen LogP contribution in [0.25, 0.3) is 10.9 Å². The second kappa shape index (κ2) is 7.97. The molecule has 2 rings (SSSR count). The van der Waals surface area contributed by atoms with Crippen LogP contribution < -0.4 is 5.43 Å². The Balaban J connectivity index is 2.35. The number of carbonyl (C=O) groups excluding carboxylic acids is 1. The third kappa shape index (κ3) is 5.27. The molecule has 0 aliphatic heterocycles. The Morgan fingerprint density at radius 1 is 1.32 bits per heavy atom. The maximum atomic E-state index is 13.6. The highest BCUT2D eigenvalue weighted by atomic mass is 32.3. The van der Waals surface area contributed by atoms with E-state index in [2.05, 4.69) is 28.6 Å². The van der Waals surface area contributed by atoms with Crippen LogP contribution in [-0.4, -0.2) is 54.0 Å². The Labute approximate surface area is 147 Å². The van der Waals surface area contributed by atoms with Crippen LogP contribution in [0.15, 0.2) is 23.0 Å². The molecule has 25 heavy (non-hydrogen) atoms. The largest absolute Gasteiger partial charge is 0.469 e. The summed E-state index contributed by atoms with van der Waals surface area (Å²) in [5.74, 6) is -0.105. The quantitative estimate of drug-likeness (QED) is 0.550. The smallest absolute Gasteiger partial charge is 0.311 e. The number of halogens is 1. The lowest BCUT2D eigenvalue weighted by Gasteiger charge is -2.24. The van der Waals surface area contributed by atoms with E-state index in [4.69, 9.17) is 4.74 Å². The molecule has 0 aliphatic rings. The van der Waals surface area contributed by atoms with Crippen molar-refractivity contribution in [3.63, 3.8) is 0 Å². The highest BCUT2D eigenvalue weighted by molar-refractivity contribution is 8.32. The van der Waals surface area contributed by atoms with Gasteiger partial charge < -0.3 is 9.47 Å². The van der Waals surface area contributed by atoms with Gasteiger partial charge in [-0.15, -0.1) is 0 Å². The average Bonchev–Trinajstić information content (AvgIpc) is 2.54. The van der Waals surface area contributed by atoms with Crippen molar-refractivity contribution in [2.75, 3.05) is 38.2 Å². The Bertz CT molecular complexity index is 830. The van der Waals surface area contributed by atoms with E-state index in [-0.39, 0.29) is 18.8 Å². The van der Waals surface area contributed by atoms with Crippen molar-refractivity contribution in [2.24, 2.45) is 0 Å². The van der Waals surface area contributed by atoms with Crippen LogP contribution in [0.5, 0.6) is 0 Å². The van der Waals surface area contributed by atoms with Crippen LogP contribution in [0.4, 0.5) is 4.39 Å². The van der Waals surface area contributed by atoms with E-state index in [0.717, 1.165) is 5.75 Å². The Kier molecular flexibility index (Phi) is 6.18. The van der Waals surface area contributed by atoms with Crippen LogP contribution in [0.3, 0.4) is 0 Å². The Hall–Kier alpha value is -1.93. The van der Waals surface area contributed by atoms with Crippen molar-refractivity contribution in [1.82, 2.24) is 9.78 Å². The topological polar surface area (TPSA) is 70.4 Å². The number of esters is 1. The molecule has 0 saturated heterocycles. The summed E-state index contributed by atoms with van der Waals surface area (Å²) in [5, 5.41) is 4.47. The number of aromatic nitrogens is 2. The minimum Gasteiger partial charge on any atom is -0.469 e. The van der Waals surface area contributed by atoms with E-state index in [0.29, 0.717) is 17.5 Å². The van der Waals surface area contributed by atoms with E-state index in [9.17, 15) is 14.0 Å². The van der Waals surface area contributed by atoms with Crippen molar-refractivity contribution in [3.05, 3.63) is 39.9 Å². The minimum absolute atomic E-state index is 0.0519. The fourth-order valence-electron chi connectivity index (χ4n) is 2.19. The second-order valence-electron chi connectivity index (χ2n) is 6.52. The molecule has 0 radical (unpaired) electrons. The first-order chi connectivity index (χ1) is 11.7. The van der Waals surface area contributed by atoms with Gasteiger partial charge in [-0.3, -0.25) is 9.59 Å². The van der Waals surface area contributed by atoms with Gasteiger partial charge in [0.15, 0.2) is 0 Å². The molecule has 1 aromatic carbocycles. The third-order valence-corrected chi connectivity index (χ3v) is 4.97. The molecule has 0 spiro atoms. The van der Waals surface area contributed by atoms with Crippen molar-refractivity contribution < 1.29 is 18.7 Å². The standard InChI is InChI=1S/C17H23FN2O4S/c1-23-16(21)10-14-17(22)13-6-5-12(18)9-15(13)20(19-14)11-24-7-8-25(2,3)4/h5-6,9H,7-8,10-11H2,1-4H3. The SMILES string of the molecule is COC(=O)Cc1nn(COCCS(C)(C)C)c2cc(F)ccc2c1=O. The molecule has 6 nitrogen and oxygen atoms in total. The molecular formula is C17H23FN2O4S. The molecule has 0 aliphatic carbocycles. The number of rotatable bonds is 7. The Morgan fingerprint density at radius 2 is 2.04 bits per heavy atom. The maximum Gasteiger partial charge on any atom is 0.311 e. The van der Waals surface area contributed by atoms with Gasteiger partial charge in [0.1, 0.15) is 18.2 Å². The number of hydrogen-bond acceptors (Lipinski definition) is 5. The van der Waals surface area contributed by atoms with Gasteiger partial charge in [0, 0.05) is 11.1 Å². The van der Waals surface area contributed by atoms with Gasteiger partial charge in [0.05, 0.1) is 25.7 Å². The molecule has 1 aromatic heterocycles. The van der Waals surface area contributed by atoms with Gasteiger partial charge in [-0.25, -0.2) is 19.1 Å². The van der Waals surface area contributed by atoms with E-state index < -0.39 is 27.2 Å². The van der Waals surface area contributed by atoms with Crippen LogP contribution in [0, 0.1) is 5.82 Å². The van der Waals surface area contributed by atoms with E-state index in [1.54, 1.807) is 0 Å². The summed E-state index contributed by atoms with van der Waals surface area (Å²) in [4.78, 5) is 24.0. The molecule has 2 aromatic rings. The fraction of sp³-hybridized carbons (Fsp3) is 0.471. The van der Waals surface area contributed by atoms with E-state index in [1.165, 1.54) is 30.0 Å². The first kappa shape index (κ1) is 19.4. The minimum atomic E-state index is -0.688. The summed E-state index contributed by atoms with van der Waals surface area (Å²) in [7, 11) is 0.557. The summed E-state index contributed by atoms with van der Waals surface area (Å²) in [6.45, 7) is 0.611. The molecule has 0 saturated carbocycles. The highest BCUT2D eigenvalue weighted by Crippen LogP contribution is 2.33. The maximum absolute atomic E-state index is 13.6. The van der Waals surface area contributed by atoms with Crippen LogP contribution in [-0.2, 0) is 27.4 Å². The molecule has 0 bridgehead atoms. The van der Waals surface area contributed by atoms with Crippen molar-refractivity contribution in [3.8, 4) is 0 Å². The van der Waals surface area contributed by atoms with Crippen LogP contribution in [0.2, 0.25) is 0 Å². The lowest BCUT2D eigenvalue weighted by atomic mass is 10.1. The normalized spacial score (nSPS) is 12.4.